The monoisotopic (exact) mass is 300 g/mol. The summed E-state index contributed by atoms with van der Waals surface area (Å²) in [5.74, 6) is -0.259. The predicted molar refractivity (Wildman–Crippen MR) is 70.2 cm³/mol. The van der Waals surface area contributed by atoms with Crippen molar-refractivity contribution in [3.63, 3.8) is 0 Å². The molecule has 0 amide bonds. The van der Waals surface area contributed by atoms with Crippen molar-refractivity contribution in [3.05, 3.63) is 44.8 Å². The molecule has 0 aliphatic heterocycles. The molecule has 0 fully saturated rings. The molecule has 5 heteroatoms. The molecule has 0 bridgehead atoms. The molecule has 2 aromatic rings. The van der Waals surface area contributed by atoms with Gasteiger partial charge in [0, 0.05) is 15.0 Å². The second kappa shape index (κ2) is 4.84. The molecule has 2 nitrogen and oxygen atoms in total. The second-order valence-corrected chi connectivity index (χ2v) is 5.13. The minimum Gasteiger partial charge on any atom is -0.398 e. The van der Waals surface area contributed by atoms with E-state index in [0.29, 0.717) is 6.54 Å². The molecule has 0 radical (unpaired) electrons. The van der Waals surface area contributed by atoms with Crippen LogP contribution in [-0.2, 0) is 6.54 Å². The average molecular weight is 301 g/mol. The lowest BCUT2D eigenvalue weighted by atomic mass is 10.3. The van der Waals surface area contributed by atoms with E-state index in [-0.39, 0.29) is 5.82 Å². The molecule has 0 saturated carbocycles. The van der Waals surface area contributed by atoms with E-state index in [1.165, 1.54) is 12.1 Å². The van der Waals surface area contributed by atoms with Gasteiger partial charge in [0.15, 0.2) is 0 Å². The zero-order valence-corrected chi connectivity index (χ0v) is 10.7. The van der Waals surface area contributed by atoms with Crippen LogP contribution in [0.15, 0.2) is 34.1 Å². The molecule has 3 N–H and O–H groups in total. The maximum Gasteiger partial charge on any atom is 0.125 e. The zero-order valence-electron chi connectivity index (χ0n) is 8.34. The SMILES string of the molecule is Nc1ccsc1CNc1cc(F)ccc1Br. The molecule has 0 aliphatic rings. The Morgan fingerprint density at radius 1 is 1.38 bits per heavy atom. The Labute approximate surface area is 105 Å². The highest BCUT2D eigenvalue weighted by molar-refractivity contribution is 9.10. The maximum atomic E-state index is 13.0. The van der Waals surface area contributed by atoms with Gasteiger partial charge in [0.05, 0.1) is 12.2 Å². The molecular weight excluding hydrogens is 291 g/mol. The number of nitrogen functional groups attached to an aromatic ring is 1. The summed E-state index contributed by atoms with van der Waals surface area (Å²) in [7, 11) is 0. The largest absolute Gasteiger partial charge is 0.398 e. The van der Waals surface area contributed by atoms with Crippen LogP contribution in [-0.4, -0.2) is 0 Å². The Bertz CT molecular complexity index is 498. The fourth-order valence-corrected chi connectivity index (χ4v) is 2.43. The summed E-state index contributed by atoms with van der Waals surface area (Å²) >= 11 is 4.94. The van der Waals surface area contributed by atoms with Crippen LogP contribution in [0.3, 0.4) is 0 Å². The fraction of sp³-hybridized carbons (Fsp3) is 0.0909. The van der Waals surface area contributed by atoms with Gasteiger partial charge in [-0.15, -0.1) is 11.3 Å². The predicted octanol–water partition coefficient (Wildman–Crippen LogP) is 3.84. The van der Waals surface area contributed by atoms with Crippen molar-refractivity contribution in [3.8, 4) is 0 Å². The fourth-order valence-electron chi connectivity index (χ4n) is 1.30. The van der Waals surface area contributed by atoms with Crippen molar-refractivity contribution in [2.45, 2.75) is 6.54 Å². The van der Waals surface area contributed by atoms with Crippen LogP contribution in [0.25, 0.3) is 0 Å². The summed E-state index contributed by atoms with van der Waals surface area (Å²) in [5, 5.41) is 5.08. The molecule has 84 valence electrons. The normalized spacial score (nSPS) is 10.4. The van der Waals surface area contributed by atoms with E-state index < -0.39 is 0 Å². The Balaban J connectivity index is 2.10. The van der Waals surface area contributed by atoms with E-state index in [2.05, 4.69) is 21.2 Å². The Morgan fingerprint density at radius 2 is 2.19 bits per heavy atom. The van der Waals surface area contributed by atoms with Gasteiger partial charge in [0.2, 0.25) is 0 Å². The smallest absolute Gasteiger partial charge is 0.125 e. The summed E-state index contributed by atoms with van der Waals surface area (Å²) in [6.45, 7) is 0.603. The Kier molecular flexibility index (Phi) is 3.46. The highest BCUT2D eigenvalue weighted by atomic mass is 79.9. The molecule has 1 aromatic carbocycles. The lowest BCUT2D eigenvalue weighted by Crippen LogP contribution is -2.00. The summed E-state index contributed by atoms with van der Waals surface area (Å²) in [6.07, 6.45) is 0. The van der Waals surface area contributed by atoms with Crippen molar-refractivity contribution in [2.75, 3.05) is 11.1 Å². The van der Waals surface area contributed by atoms with Crippen LogP contribution >= 0.6 is 27.3 Å². The van der Waals surface area contributed by atoms with Gasteiger partial charge < -0.3 is 11.1 Å². The molecule has 1 aromatic heterocycles. The third-order valence-electron chi connectivity index (χ3n) is 2.15. The van der Waals surface area contributed by atoms with Gasteiger partial charge in [0.1, 0.15) is 5.82 Å². The van der Waals surface area contributed by atoms with Gasteiger partial charge >= 0.3 is 0 Å². The molecule has 0 saturated heterocycles. The van der Waals surface area contributed by atoms with Crippen LogP contribution in [0, 0.1) is 5.82 Å². The van der Waals surface area contributed by atoms with Gasteiger partial charge in [-0.05, 0) is 45.6 Å². The third-order valence-corrected chi connectivity index (χ3v) is 3.78. The third kappa shape index (κ3) is 2.54. The first kappa shape index (κ1) is 11.4. The summed E-state index contributed by atoms with van der Waals surface area (Å²) < 4.78 is 13.8. The highest BCUT2D eigenvalue weighted by Crippen LogP contribution is 2.25. The lowest BCUT2D eigenvalue weighted by molar-refractivity contribution is 0.628. The molecule has 2 rings (SSSR count). The van der Waals surface area contributed by atoms with E-state index in [4.69, 9.17) is 5.73 Å². The highest BCUT2D eigenvalue weighted by Gasteiger charge is 2.04. The van der Waals surface area contributed by atoms with Crippen molar-refractivity contribution >= 4 is 38.6 Å². The van der Waals surface area contributed by atoms with Gasteiger partial charge in [-0.25, -0.2) is 4.39 Å². The van der Waals surface area contributed by atoms with Crippen LogP contribution < -0.4 is 11.1 Å². The number of nitrogens with one attached hydrogen (secondary N) is 1. The van der Waals surface area contributed by atoms with Crippen LogP contribution in [0.4, 0.5) is 15.8 Å². The molecule has 0 aliphatic carbocycles. The number of benzene rings is 1. The van der Waals surface area contributed by atoms with E-state index in [1.54, 1.807) is 17.4 Å². The van der Waals surface area contributed by atoms with Crippen molar-refractivity contribution in [1.82, 2.24) is 0 Å². The van der Waals surface area contributed by atoms with Gasteiger partial charge in [0.25, 0.3) is 0 Å². The first-order valence-electron chi connectivity index (χ1n) is 4.67. The lowest BCUT2D eigenvalue weighted by Gasteiger charge is -2.08. The Morgan fingerprint density at radius 3 is 2.88 bits per heavy atom. The molecule has 1 heterocycles. The van der Waals surface area contributed by atoms with Crippen LogP contribution in [0.2, 0.25) is 0 Å². The number of anilines is 2. The molecule has 0 unspecified atom stereocenters. The number of hydrogen-bond acceptors (Lipinski definition) is 3. The van der Waals surface area contributed by atoms with Crippen LogP contribution in [0.1, 0.15) is 4.88 Å². The Hall–Kier alpha value is -1.07. The second-order valence-electron chi connectivity index (χ2n) is 3.28. The van der Waals surface area contributed by atoms with Gasteiger partial charge in [-0.1, -0.05) is 0 Å². The maximum absolute atomic E-state index is 13.0. The molecule has 16 heavy (non-hydrogen) atoms. The van der Waals surface area contributed by atoms with E-state index in [9.17, 15) is 4.39 Å². The van der Waals surface area contributed by atoms with E-state index in [0.717, 1.165) is 20.7 Å². The van der Waals surface area contributed by atoms with Crippen LogP contribution in [0.5, 0.6) is 0 Å². The minimum absolute atomic E-state index is 0.259. The van der Waals surface area contributed by atoms with Crippen molar-refractivity contribution < 1.29 is 4.39 Å². The quantitative estimate of drug-likeness (QED) is 0.904. The van der Waals surface area contributed by atoms with Gasteiger partial charge in [-0.3, -0.25) is 0 Å². The number of rotatable bonds is 3. The molecule has 0 atom stereocenters. The van der Waals surface area contributed by atoms with Gasteiger partial charge in [-0.2, -0.15) is 0 Å². The zero-order chi connectivity index (χ0) is 11.5. The summed E-state index contributed by atoms with van der Waals surface area (Å²) in [5.41, 5.74) is 7.26. The molecular formula is C11H10BrFN2S. The summed E-state index contributed by atoms with van der Waals surface area (Å²) in [6, 6.07) is 6.40. The molecule has 0 spiro atoms. The number of thiophene rings is 1. The van der Waals surface area contributed by atoms with E-state index in [1.807, 2.05) is 11.4 Å². The first-order valence-corrected chi connectivity index (χ1v) is 6.35. The number of hydrogen-bond donors (Lipinski definition) is 2. The average Bonchev–Trinajstić information content (AvgIpc) is 2.66. The van der Waals surface area contributed by atoms with Crippen molar-refractivity contribution in [2.24, 2.45) is 0 Å². The standard InChI is InChI=1S/C11H10BrFN2S/c12-8-2-1-7(13)5-10(8)15-6-11-9(14)3-4-16-11/h1-5,15H,6,14H2. The topological polar surface area (TPSA) is 38.0 Å². The number of halogens is 2. The minimum atomic E-state index is -0.259. The van der Waals surface area contributed by atoms with Crippen molar-refractivity contribution in [1.29, 1.82) is 0 Å². The number of nitrogens with two attached hydrogens (primary N) is 1. The first-order chi connectivity index (χ1) is 7.66. The van der Waals surface area contributed by atoms with E-state index >= 15 is 0 Å². The summed E-state index contributed by atoms with van der Waals surface area (Å²) in [4.78, 5) is 1.05.